The fourth-order valence-electron chi connectivity index (χ4n) is 2.74. The van der Waals surface area contributed by atoms with Crippen LogP contribution in [0.2, 0.25) is 0 Å². The van der Waals surface area contributed by atoms with Crippen LogP contribution in [0, 0.1) is 5.92 Å². The van der Waals surface area contributed by atoms with Crippen molar-refractivity contribution in [3.8, 4) is 0 Å². The number of hydrogen-bond acceptors (Lipinski definition) is 3. The van der Waals surface area contributed by atoms with Gasteiger partial charge in [0.25, 0.3) is 0 Å². The second-order valence-electron chi connectivity index (χ2n) is 5.45. The maximum atomic E-state index is 12.4. The van der Waals surface area contributed by atoms with Crippen molar-refractivity contribution in [3.05, 3.63) is 0 Å². The molecule has 2 aliphatic heterocycles. The normalized spacial score (nSPS) is 40.1. The lowest BCUT2D eigenvalue weighted by molar-refractivity contribution is -0.140. The Morgan fingerprint density at radius 3 is 2.88 bits per heavy atom. The predicted octanol–water partition coefficient (Wildman–Crippen LogP) is 0.358. The molecule has 2 N–H and O–H groups in total. The quantitative estimate of drug-likeness (QED) is 0.678. The lowest BCUT2D eigenvalue weighted by atomic mass is 9.92. The number of piperidine rings is 1. The number of aliphatic hydroxyl groups is 1. The Morgan fingerprint density at radius 2 is 2.31 bits per heavy atom. The van der Waals surface area contributed by atoms with Gasteiger partial charge in [0.2, 0.25) is 5.91 Å². The second kappa shape index (κ2) is 4.34. The van der Waals surface area contributed by atoms with E-state index in [0.717, 1.165) is 19.4 Å². The molecule has 3 unspecified atom stereocenters. The number of nitrogens with zero attached hydrogens (tertiary/aromatic N) is 1. The first-order valence-electron chi connectivity index (χ1n) is 6.25. The van der Waals surface area contributed by atoms with Crippen LogP contribution in [-0.4, -0.2) is 47.2 Å². The van der Waals surface area contributed by atoms with E-state index in [1.165, 1.54) is 0 Å². The topological polar surface area (TPSA) is 52.6 Å². The summed E-state index contributed by atoms with van der Waals surface area (Å²) >= 11 is 0. The van der Waals surface area contributed by atoms with Gasteiger partial charge in [-0.1, -0.05) is 6.92 Å². The van der Waals surface area contributed by atoms with E-state index >= 15 is 0 Å². The first kappa shape index (κ1) is 11.9. The Balaban J connectivity index is 2.00. The van der Waals surface area contributed by atoms with Crippen LogP contribution in [0.1, 0.15) is 33.1 Å². The number of nitrogens with one attached hydrogen (secondary N) is 1. The van der Waals surface area contributed by atoms with Crippen LogP contribution >= 0.6 is 0 Å². The van der Waals surface area contributed by atoms with E-state index in [-0.39, 0.29) is 23.5 Å². The Hall–Kier alpha value is -0.610. The zero-order valence-electron chi connectivity index (χ0n) is 10.2. The molecule has 0 aromatic carbocycles. The van der Waals surface area contributed by atoms with Gasteiger partial charge < -0.3 is 15.3 Å². The van der Waals surface area contributed by atoms with Crippen molar-refractivity contribution in [2.24, 2.45) is 5.92 Å². The number of rotatable bonds is 1. The lowest BCUT2D eigenvalue weighted by Crippen LogP contribution is -2.56. The molecule has 1 amide bonds. The van der Waals surface area contributed by atoms with E-state index < -0.39 is 0 Å². The SMILES string of the molecule is CC1CN(C(=O)C2(C)CCCN2)CCC1O. The minimum Gasteiger partial charge on any atom is -0.393 e. The van der Waals surface area contributed by atoms with Crippen LogP contribution in [0.3, 0.4) is 0 Å². The molecule has 2 aliphatic rings. The molecule has 0 bridgehead atoms. The summed E-state index contributed by atoms with van der Waals surface area (Å²) in [4.78, 5) is 14.3. The van der Waals surface area contributed by atoms with E-state index in [0.29, 0.717) is 19.5 Å². The maximum Gasteiger partial charge on any atom is 0.242 e. The van der Waals surface area contributed by atoms with Crippen molar-refractivity contribution in [2.45, 2.75) is 44.8 Å². The number of amides is 1. The van der Waals surface area contributed by atoms with Crippen LogP contribution in [-0.2, 0) is 4.79 Å². The van der Waals surface area contributed by atoms with Crippen LogP contribution in [0.5, 0.6) is 0 Å². The van der Waals surface area contributed by atoms with Gasteiger partial charge in [0, 0.05) is 13.1 Å². The molecule has 0 saturated carbocycles. The highest BCUT2D eigenvalue weighted by molar-refractivity contribution is 5.86. The minimum absolute atomic E-state index is 0.197. The lowest BCUT2D eigenvalue weighted by Gasteiger charge is -2.38. The van der Waals surface area contributed by atoms with Crippen molar-refractivity contribution in [3.63, 3.8) is 0 Å². The molecule has 16 heavy (non-hydrogen) atoms. The van der Waals surface area contributed by atoms with Crippen molar-refractivity contribution >= 4 is 5.91 Å². The van der Waals surface area contributed by atoms with Crippen molar-refractivity contribution in [1.29, 1.82) is 0 Å². The summed E-state index contributed by atoms with van der Waals surface area (Å²) in [5, 5.41) is 13.0. The minimum atomic E-state index is -0.359. The van der Waals surface area contributed by atoms with Crippen LogP contribution in [0.25, 0.3) is 0 Å². The number of carbonyl (C=O) groups is 1. The average molecular weight is 226 g/mol. The molecule has 2 saturated heterocycles. The Morgan fingerprint density at radius 1 is 1.56 bits per heavy atom. The molecule has 0 spiro atoms. The Labute approximate surface area is 97.0 Å². The average Bonchev–Trinajstić information content (AvgIpc) is 2.70. The van der Waals surface area contributed by atoms with Gasteiger partial charge in [0.05, 0.1) is 11.6 Å². The molecule has 3 atom stereocenters. The van der Waals surface area contributed by atoms with Gasteiger partial charge in [-0.25, -0.2) is 0 Å². The summed E-state index contributed by atoms with van der Waals surface area (Å²) < 4.78 is 0. The molecule has 4 nitrogen and oxygen atoms in total. The fraction of sp³-hybridized carbons (Fsp3) is 0.917. The van der Waals surface area contributed by atoms with Gasteiger partial charge >= 0.3 is 0 Å². The number of carbonyl (C=O) groups excluding carboxylic acids is 1. The third kappa shape index (κ3) is 2.09. The first-order valence-corrected chi connectivity index (χ1v) is 6.25. The van der Waals surface area contributed by atoms with Gasteiger partial charge in [-0.15, -0.1) is 0 Å². The van der Waals surface area contributed by atoms with Crippen molar-refractivity contribution in [1.82, 2.24) is 10.2 Å². The summed E-state index contributed by atoms with van der Waals surface area (Å²) in [5.74, 6) is 0.409. The molecular formula is C12H22N2O2. The third-order valence-electron chi connectivity index (χ3n) is 3.99. The van der Waals surface area contributed by atoms with E-state index in [9.17, 15) is 9.90 Å². The van der Waals surface area contributed by atoms with Crippen LogP contribution in [0.15, 0.2) is 0 Å². The molecule has 0 radical (unpaired) electrons. The van der Waals surface area contributed by atoms with Gasteiger partial charge in [-0.2, -0.15) is 0 Å². The van der Waals surface area contributed by atoms with Gasteiger partial charge in [0.1, 0.15) is 0 Å². The van der Waals surface area contributed by atoms with E-state index in [1.54, 1.807) is 0 Å². The van der Waals surface area contributed by atoms with Gasteiger partial charge in [-0.05, 0) is 38.6 Å². The van der Waals surface area contributed by atoms with Crippen molar-refractivity contribution in [2.75, 3.05) is 19.6 Å². The molecule has 0 aliphatic carbocycles. The molecule has 0 aromatic heterocycles. The summed E-state index contributed by atoms with van der Waals surface area (Å²) in [7, 11) is 0. The number of likely N-dealkylation sites (tertiary alicyclic amines) is 1. The molecule has 2 heterocycles. The largest absolute Gasteiger partial charge is 0.393 e. The van der Waals surface area contributed by atoms with Gasteiger partial charge in [-0.3, -0.25) is 4.79 Å². The molecule has 2 fully saturated rings. The fourth-order valence-corrected chi connectivity index (χ4v) is 2.74. The molecule has 4 heteroatoms. The van der Waals surface area contributed by atoms with E-state index in [2.05, 4.69) is 5.32 Å². The monoisotopic (exact) mass is 226 g/mol. The molecule has 2 rings (SSSR count). The second-order valence-corrected chi connectivity index (χ2v) is 5.45. The molecule has 0 aromatic rings. The molecular weight excluding hydrogens is 204 g/mol. The van der Waals surface area contributed by atoms with E-state index in [1.807, 2.05) is 18.7 Å². The highest BCUT2D eigenvalue weighted by atomic mass is 16.3. The Bertz CT molecular complexity index is 274. The number of aliphatic hydroxyl groups excluding tert-OH is 1. The predicted molar refractivity (Wildman–Crippen MR) is 62.0 cm³/mol. The van der Waals surface area contributed by atoms with Crippen molar-refractivity contribution < 1.29 is 9.90 Å². The molecule has 92 valence electrons. The summed E-state index contributed by atoms with van der Waals surface area (Å²) in [6.45, 7) is 6.33. The summed E-state index contributed by atoms with van der Waals surface area (Å²) in [6.07, 6.45) is 2.48. The maximum absolute atomic E-state index is 12.4. The highest BCUT2D eigenvalue weighted by Crippen LogP contribution is 2.24. The third-order valence-corrected chi connectivity index (χ3v) is 3.99. The highest BCUT2D eigenvalue weighted by Gasteiger charge is 2.40. The summed E-state index contributed by atoms with van der Waals surface area (Å²) in [5.41, 5.74) is -0.359. The van der Waals surface area contributed by atoms with Gasteiger partial charge in [0.15, 0.2) is 0 Å². The zero-order valence-corrected chi connectivity index (χ0v) is 10.2. The van der Waals surface area contributed by atoms with E-state index in [4.69, 9.17) is 0 Å². The zero-order chi connectivity index (χ0) is 11.8. The Kier molecular flexibility index (Phi) is 3.22. The smallest absolute Gasteiger partial charge is 0.242 e. The standard InChI is InChI=1S/C12H22N2O2/c1-9-8-14(7-4-10(9)15)11(16)12(2)5-3-6-13-12/h9-10,13,15H,3-8H2,1-2H3. The van der Waals surface area contributed by atoms with Crippen LogP contribution in [0.4, 0.5) is 0 Å². The van der Waals surface area contributed by atoms with Crippen LogP contribution < -0.4 is 5.32 Å². The first-order chi connectivity index (χ1) is 7.53. The number of hydrogen-bond donors (Lipinski definition) is 2. The summed E-state index contributed by atoms with van der Waals surface area (Å²) in [6, 6.07) is 0.